The molecule has 6 heteroatoms. The number of aromatic nitrogens is 3. The number of hydrogen-bond donors (Lipinski definition) is 1. The molecular weight excluding hydrogens is 312 g/mol. The highest BCUT2D eigenvalue weighted by Crippen LogP contribution is 2.33. The SMILES string of the molecule is Nc1cn(-c2ccncc2)nc1-c1ccc(Br)s1. The summed E-state index contributed by atoms with van der Waals surface area (Å²) in [5.41, 5.74) is 8.43. The standard InChI is InChI=1S/C12H9BrN4S/c13-11-2-1-10(18-11)12-9(14)7-17(16-12)8-3-5-15-6-4-8/h1-7H,14H2. The second kappa shape index (κ2) is 4.55. The maximum Gasteiger partial charge on any atom is 0.126 e. The zero-order valence-corrected chi connectivity index (χ0v) is 11.6. The van der Waals surface area contributed by atoms with Gasteiger partial charge in [0.1, 0.15) is 5.69 Å². The van der Waals surface area contributed by atoms with Gasteiger partial charge >= 0.3 is 0 Å². The molecule has 0 bridgehead atoms. The van der Waals surface area contributed by atoms with Crippen molar-refractivity contribution in [1.82, 2.24) is 14.8 Å². The van der Waals surface area contributed by atoms with Gasteiger partial charge in [0.15, 0.2) is 0 Å². The van der Waals surface area contributed by atoms with Crippen molar-refractivity contribution in [2.24, 2.45) is 0 Å². The van der Waals surface area contributed by atoms with Crippen LogP contribution >= 0.6 is 27.3 Å². The first-order chi connectivity index (χ1) is 8.74. The third-order valence-corrected chi connectivity index (χ3v) is 4.11. The quantitative estimate of drug-likeness (QED) is 0.787. The summed E-state index contributed by atoms with van der Waals surface area (Å²) < 4.78 is 2.83. The lowest BCUT2D eigenvalue weighted by Gasteiger charge is -1.98. The highest BCUT2D eigenvalue weighted by Gasteiger charge is 2.11. The van der Waals surface area contributed by atoms with Crippen LogP contribution in [-0.2, 0) is 0 Å². The van der Waals surface area contributed by atoms with Crippen LogP contribution in [-0.4, -0.2) is 14.8 Å². The number of hydrogen-bond acceptors (Lipinski definition) is 4. The van der Waals surface area contributed by atoms with E-state index in [-0.39, 0.29) is 0 Å². The summed E-state index contributed by atoms with van der Waals surface area (Å²) in [6.45, 7) is 0. The van der Waals surface area contributed by atoms with Crippen LogP contribution in [0.25, 0.3) is 16.3 Å². The van der Waals surface area contributed by atoms with Crippen LogP contribution in [0.1, 0.15) is 0 Å². The molecule has 0 aliphatic heterocycles. The molecule has 0 unspecified atom stereocenters. The number of halogens is 1. The van der Waals surface area contributed by atoms with Gasteiger partial charge in [-0.2, -0.15) is 5.10 Å². The van der Waals surface area contributed by atoms with Crippen molar-refractivity contribution in [2.45, 2.75) is 0 Å². The van der Waals surface area contributed by atoms with E-state index >= 15 is 0 Å². The Labute approximate surface area is 116 Å². The predicted octanol–water partition coefficient (Wildman–Crippen LogP) is 3.34. The summed E-state index contributed by atoms with van der Waals surface area (Å²) in [5, 5.41) is 4.52. The fraction of sp³-hybridized carbons (Fsp3) is 0. The van der Waals surface area contributed by atoms with Crippen molar-refractivity contribution < 1.29 is 0 Å². The molecule has 90 valence electrons. The Morgan fingerprint density at radius 2 is 1.94 bits per heavy atom. The smallest absolute Gasteiger partial charge is 0.126 e. The van der Waals surface area contributed by atoms with E-state index in [1.54, 1.807) is 28.4 Å². The topological polar surface area (TPSA) is 56.7 Å². The number of nitrogen functional groups attached to an aromatic ring is 1. The van der Waals surface area contributed by atoms with E-state index in [9.17, 15) is 0 Å². The molecule has 18 heavy (non-hydrogen) atoms. The molecule has 2 N–H and O–H groups in total. The summed E-state index contributed by atoms with van der Waals surface area (Å²) in [7, 11) is 0. The lowest BCUT2D eigenvalue weighted by molar-refractivity contribution is 0.882. The molecule has 0 aromatic carbocycles. The first kappa shape index (κ1) is 11.4. The highest BCUT2D eigenvalue weighted by molar-refractivity contribution is 9.11. The second-order valence-electron chi connectivity index (χ2n) is 3.69. The first-order valence-corrected chi connectivity index (χ1v) is 6.86. The van der Waals surface area contributed by atoms with Crippen LogP contribution in [0.3, 0.4) is 0 Å². The minimum Gasteiger partial charge on any atom is -0.396 e. The van der Waals surface area contributed by atoms with Crippen LogP contribution in [0.2, 0.25) is 0 Å². The normalized spacial score (nSPS) is 10.7. The second-order valence-corrected chi connectivity index (χ2v) is 6.15. The Balaban J connectivity index is 2.06. The van der Waals surface area contributed by atoms with Crippen LogP contribution < -0.4 is 5.73 Å². The summed E-state index contributed by atoms with van der Waals surface area (Å²) in [4.78, 5) is 5.03. The number of nitrogens with two attached hydrogens (primary N) is 1. The van der Waals surface area contributed by atoms with E-state index in [0.29, 0.717) is 5.69 Å². The minimum absolute atomic E-state index is 0.668. The van der Waals surface area contributed by atoms with Crippen molar-refractivity contribution in [3.8, 4) is 16.3 Å². The van der Waals surface area contributed by atoms with Gasteiger partial charge in [0.25, 0.3) is 0 Å². The Hall–Kier alpha value is -1.66. The minimum atomic E-state index is 0.668. The van der Waals surface area contributed by atoms with Crippen LogP contribution in [0, 0.1) is 0 Å². The summed E-state index contributed by atoms with van der Waals surface area (Å²) >= 11 is 5.05. The van der Waals surface area contributed by atoms with E-state index in [1.165, 1.54) is 0 Å². The fourth-order valence-corrected chi connectivity index (χ4v) is 3.04. The Bertz CT molecular complexity index is 674. The van der Waals surface area contributed by atoms with Gasteiger partial charge in [0.2, 0.25) is 0 Å². The van der Waals surface area contributed by atoms with Crippen molar-refractivity contribution in [3.05, 3.63) is 46.6 Å². The molecule has 0 radical (unpaired) electrons. The lowest BCUT2D eigenvalue weighted by atomic mass is 10.3. The molecule has 0 aliphatic carbocycles. The average Bonchev–Trinajstić information content (AvgIpc) is 2.97. The molecule has 0 amide bonds. The van der Waals surface area contributed by atoms with Gasteiger partial charge in [0.05, 0.1) is 26.2 Å². The molecular formula is C12H9BrN4S. The van der Waals surface area contributed by atoms with Crippen molar-refractivity contribution in [3.63, 3.8) is 0 Å². The largest absolute Gasteiger partial charge is 0.396 e. The molecule has 0 spiro atoms. The molecule has 0 atom stereocenters. The molecule has 3 aromatic rings. The maximum absolute atomic E-state index is 6.01. The molecule has 3 aromatic heterocycles. The van der Waals surface area contributed by atoms with Gasteiger partial charge < -0.3 is 5.73 Å². The molecule has 3 rings (SSSR count). The number of pyridine rings is 1. The Morgan fingerprint density at radius 1 is 1.17 bits per heavy atom. The summed E-state index contributed by atoms with van der Waals surface area (Å²) in [5.74, 6) is 0. The number of thiophene rings is 1. The van der Waals surface area contributed by atoms with Crippen molar-refractivity contribution in [2.75, 3.05) is 5.73 Å². The molecule has 0 fully saturated rings. The Kier molecular flexibility index (Phi) is 2.89. The van der Waals surface area contributed by atoms with E-state index in [0.717, 1.165) is 20.0 Å². The van der Waals surface area contributed by atoms with Gasteiger partial charge in [-0.25, -0.2) is 4.68 Å². The van der Waals surface area contributed by atoms with E-state index in [2.05, 4.69) is 26.0 Å². The van der Waals surface area contributed by atoms with E-state index in [1.807, 2.05) is 30.5 Å². The van der Waals surface area contributed by atoms with Crippen LogP contribution in [0.4, 0.5) is 5.69 Å². The van der Waals surface area contributed by atoms with Gasteiger partial charge in [-0.3, -0.25) is 4.98 Å². The van der Waals surface area contributed by atoms with Crippen molar-refractivity contribution in [1.29, 1.82) is 0 Å². The average molecular weight is 321 g/mol. The number of rotatable bonds is 2. The van der Waals surface area contributed by atoms with Gasteiger partial charge in [0, 0.05) is 12.4 Å². The monoisotopic (exact) mass is 320 g/mol. The molecule has 0 saturated heterocycles. The number of anilines is 1. The van der Waals surface area contributed by atoms with Gasteiger partial charge in [-0.05, 0) is 40.2 Å². The third-order valence-electron chi connectivity index (χ3n) is 2.48. The van der Waals surface area contributed by atoms with Crippen molar-refractivity contribution >= 4 is 33.0 Å². The zero-order valence-electron chi connectivity index (χ0n) is 9.25. The number of nitrogens with zero attached hydrogens (tertiary/aromatic N) is 3. The molecule has 0 saturated carbocycles. The van der Waals surface area contributed by atoms with E-state index < -0.39 is 0 Å². The summed E-state index contributed by atoms with van der Waals surface area (Å²) in [6, 6.07) is 7.77. The highest BCUT2D eigenvalue weighted by atomic mass is 79.9. The Morgan fingerprint density at radius 3 is 2.61 bits per heavy atom. The van der Waals surface area contributed by atoms with Gasteiger partial charge in [-0.15, -0.1) is 11.3 Å². The van der Waals surface area contributed by atoms with Gasteiger partial charge in [-0.1, -0.05) is 0 Å². The van der Waals surface area contributed by atoms with Crippen LogP contribution in [0.15, 0.2) is 46.6 Å². The maximum atomic E-state index is 6.01. The molecule has 4 nitrogen and oxygen atoms in total. The lowest BCUT2D eigenvalue weighted by Crippen LogP contribution is -1.94. The molecule has 0 aliphatic rings. The predicted molar refractivity (Wildman–Crippen MR) is 76.8 cm³/mol. The van der Waals surface area contributed by atoms with Crippen LogP contribution in [0.5, 0.6) is 0 Å². The fourth-order valence-electron chi connectivity index (χ4n) is 1.65. The summed E-state index contributed by atoms with van der Waals surface area (Å²) in [6.07, 6.45) is 5.28. The third kappa shape index (κ3) is 2.04. The first-order valence-electron chi connectivity index (χ1n) is 5.25. The zero-order chi connectivity index (χ0) is 12.5. The molecule has 3 heterocycles. The van der Waals surface area contributed by atoms with E-state index in [4.69, 9.17) is 5.73 Å².